The van der Waals surface area contributed by atoms with E-state index in [1.807, 2.05) is 31.2 Å². The summed E-state index contributed by atoms with van der Waals surface area (Å²) in [7, 11) is 1.60. The number of hydrogen-bond acceptors (Lipinski definition) is 8. The first kappa shape index (κ1) is 20.0. The largest absolute Gasteiger partial charge is 0.497 e. The standard InChI is InChI=1S/C19H21N7O3S/c1-12-16(22-24-26(12)14-4-3-5-15(10-14)29-2)18(28)25-8-6-13(7-9-25)17(27)21-19-23-20-11-30-19/h3-5,10-11,13H,6-9H2,1-2H3,(H,21,23,27). The Kier molecular flexibility index (Phi) is 5.70. The predicted molar refractivity (Wildman–Crippen MR) is 110 cm³/mol. The van der Waals surface area contributed by atoms with Crippen LogP contribution in [0.4, 0.5) is 5.13 Å². The number of methoxy groups -OCH3 is 1. The van der Waals surface area contributed by atoms with Crippen LogP contribution in [0.2, 0.25) is 0 Å². The topological polar surface area (TPSA) is 115 Å². The summed E-state index contributed by atoms with van der Waals surface area (Å²) < 4.78 is 6.87. The van der Waals surface area contributed by atoms with Crippen molar-refractivity contribution >= 4 is 28.3 Å². The molecule has 0 radical (unpaired) electrons. The van der Waals surface area contributed by atoms with Crippen LogP contribution in [-0.4, -0.2) is 62.1 Å². The molecule has 1 saturated heterocycles. The molecule has 156 valence electrons. The fraction of sp³-hybridized carbons (Fsp3) is 0.368. The average Bonchev–Trinajstić information content (AvgIpc) is 3.43. The Balaban J connectivity index is 1.41. The molecule has 1 aliphatic heterocycles. The lowest BCUT2D eigenvalue weighted by Crippen LogP contribution is -2.41. The number of hydrogen-bond donors (Lipinski definition) is 1. The van der Waals surface area contributed by atoms with Gasteiger partial charge in [-0.15, -0.1) is 15.3 Å². The zero-order valence-corrected chi connectivity index (χ0v) is 17.4. The molecule has 0 unspecified atom stereocenters. The lowest BCUT2D eigenvalue weighted by molar-refractivity contribution is -0.121. The molecule has 3 aromatic rings. The normalized spacial score (nSPS) is 14.5. The first-order chi connectivity index (χ1) is 14.6. The fourth-order valence-electron chi connectivity index (χ4n) is 3.44. The van der Waals surface area contributed by atoms with Crippen LogP contribution in [0.15, 0.2) is 29.8 Å². The Labute approximate surface area is 176 Å². The second-order valence-electron chi connectivity index (χ2n) is 6.94. The summed E-state index contributed by atoms with van der Waals surface area (Å²) in [5, 5.41) is 19.1. The highest BCUT2D eigenvalue weighted by Gasteiger charge is 2.30. The van der Waals surface area contributed by atoms with Crippen LogP contribution in [-0.2, 0) is 4.79 Å². The maximum absolute atomic E-state index is 13.0. The van der Waals surface area contributed by atoms with E-state index < -0.39 is 0 Å². The zero-order valence-electron chi connectivity index (χ0n) is 16.6. The third-order valence-corrected chi connectivity index (χ3v) is 5.74. The van der Waals surface area contributed by atoms with Gasteiger partial charge >= 0.3 is 0 Å². The molecular weight excluding hydrogens is 406 g/mol. The van der Waals surface area contributed by atoms with Crippen molar-refractivity contribution in [1.29, 1.82) is 0 Å². The molecule has 0 spiro atoms. The number of rotatable bonds is 5. The van der Waals surface area contributed by atoms with E-state index in [9.17, 15) is 9.59 Å². The number of nitrogens with zero attached hydrogens (tertiary/aromatic N) is 6. The van der Waals surface area contributed by atoms with E-state index >= 15 is 0 Å². The number of aromatic nitrogens is 5. The molecule has 2 amide bonds. The summed E-state index contributed by atoms with van der Waals surface area (Å²) in [5.41, 5.74) is 3.31. The lowest BCUT2D eigenvalue weighted by atomic mass is 9.95. The average molecular weight is 427 g/mol. The van der Waals surface area contributed by atoms with Gasteiger partial charge < -0.3 is 15.0 Å². The summed E-state index contributed by atoms with van der Waals surface area (Å²) in [6.07, 6.45) is 1.17. The first-order valence-electron chi connectivity index (χ1n) is 9.50. The van der Waals surface area contributed by atoms with Gasteiger partial charge in [0.25, 0.3) is 5.91 Å². The van der Waals surface area contributed by atoms with Gasteiger partial charge in [-0.05, 0) is 31.9 Å². The fourth-order valence-corrected chi connectivity index (χ4v) is 3.89. The summed E-state index contributed by atoms with van der Waals surface area (Å²) in [5.74, 6) is 0.277. The van der Waals surface area contributed by atoms with Crippen LogP contribution in [0.5, 0.6) is 5.75 Å². The van der Waals surface area contributed by atoms with E-state index in [1.54, 1.807) is 22.2 Å². The Bertz CT molecular complexity index is 1040. The van der Waals surface area contributed by atoms with Crippen molar-refractivity contribution < 1.29 is 14.3 Å². The van der Waals surface area contributed by atoms with Crippen molar-refractivity contribution in [3.63, 3.8) is 0 Å². The van der Waals surface area contributed by atoms with Crippen molar-refractivity contribution in [3.05, 3.63) is 41.2 Å². The molecule has 11 heteroatoms. The molecule has 10 nitrogen and oxygen atoms in total. The summed E-state index contributed by atoms with van der Waals surface area (Å²) in [6.45, 7) is 2.78. The smallest absolute Gasteiger partial charge is 0.276 e. The zero-order chi connectivity index (χ0) is 21.1. The molecule has 0 bridgehead atoms. The van der Waals surface area contributed by atoms with Crippen LogP contribution in [0.1, 0.15) is 29.0 Å². The molecular formula is C19H21N7O3S. The minimum atomic E-state index is -0.176. The molecule has 1 aromatic carbocycles. The summed E-state index contributed by atoms with van der Waals surface area (Å²) >= 11 is 1.28. The highest BCUT2D eigenvalue weighted by atomic mass is 32.1. The molecule has 0 saturated carbocycles. The number of amides is 2. The van der Waals surface area contributed by atoms with Gasteiger partial charge in [-0.3, -0.25) is 9.59 Å². The number of likely N-dealkylation sites (tertiary alicyclic amines) is 1. The summed E-state index contributed by atoms with van der Waals surface area (Å²) in [6, 6.07) is 7.40. The lowest BCUT2D eigenvalue weighted by Gasteiger charge is -2.30. The van der Waals surface area contributed by atoms with Gasteiger partial charge in [-0.1, -0.05) is 22.6 Å². The molecule has 3 heterocycles. The number of carbonyl (C=O) groups is 2. The number of carbonyl (C=O) groups excluding carboxylic acids is 2. The predicted octanol–water partition coefficient (Wildman–Crippen LogP) is 1.93. The minimum Gasteiger partial charge on any atom is -0.497 e. The monoisotopic (exact) mass is 427 g/mol. The van der Waals surface area contributed by atoms with Crippen LogP contribution in [0, 0.1) is 12.8 Å². The molecule has 4 rings (SSSR count). The second kappa shape index (κ2) is 8.57. The van der Waals surface area contributed by atoms with Crippen molar-refractivity contribution in [1.82, 2.24) is 30.1 Å². The number of benzene rings is 1. The molecule has 0 aliphatic carbocycles. The van der Waals surface area contributed by atoms with Gasteiger partial charge in [-0.2, -0.15) is 0 Å². The molecule has 1 fully saturated rings. The van der Waals surface area contributed by atoms with E-state index in [1.165, 1.54) is 11.3 Å². The number of ether oxygens (including phenoxy) is 1. The quantitative estimate of drug-likeness (QED) is 0.661. The molecule has 1 aliphatic rings. The van der Waals surface area contributed by atoms with Crippen LogP contribution in [0.25, 0.3) is 5.69 Å². The maximum Gasteiger partial charge on any atom is 0.276 e. The molecule has 0 atom stereocenters. The van der Waals surface area contributed by atoms with Gasteiger partial charge in [0, 0.05) is 25.1 Å². The minimum absolute atomic E-state index is 0.0843. The third kappa shape index (κ3) is 4.01. The molecule has 1 N–H and O–H groups in total. The van der Waals surface area contributed by atoms with Crippen LogP contribution in [0.3, 0.4) is 0 Å². The van der Waals surface area contributed by atoms with Gasteiger partial charge in [0.1, 0.15) is 11.3 Å². The SMILES string of the molecule is COc1cccc(-n2nnc(C(=O)N3CCC(C(=O)Nc4nncs4)CC3)c2C)c1. The van der Waals surface area contributed by atoms with E-state index in [2.05, 4.69) is 25.8 Å². The Morgan fingerprint density at radius 3 is 2.73 bits per heavy atom. The van der Waals surface area contributed by atoms with E-state index in [-0.39, 0.29) is 17.7 Å². The highest BCUT2D eigenvalue weighted by Crippen LogP contribution is 2.23. The molecule has 2 aromatic heterocycles. The van der Waals surface area contributed by atoms with Crippen molar-refractivity contribution in [2.75, 3.05) is 25.5 Å². The van der Waals surface area contributed by atoms with Gasteiger partial charge in [0.2, 0.25) is 11.0 Å². The Hall–Kier alpha value is -3.34. The van der Waals surface area contributed by atoms with Gasteiger partial charge in [0.15, 0.2) is 5.69 Å². The van der Waals surface area contributed by atoms with E-state index in [4.69, 9.17) is 4.74 Å². The van der Waals surface area contributed by atoms with Gasteiger partial charge in [-0.25, -0.2) is 4.68 Å². The van der Waals surface area contributed by atoms with Crippen molar-refractivity contribution in [3.8, 4) is 11.4 Å². The van der Waals surface area contributed by atoms with Gasteiger partial charge in [0.05, 0.1) is 18.5 Å². The Morgan fingerprint density at radius 2 is 2.03 bits per heavy atom. The summed E-state index contributed by atoms with van der Waals surface area (Å²) in [4.78, 5) is 27.1. The van der Waals surface area contributed by atoms with Crippen molar-refractivity contribution in [2.24, 2.45) is 5.92 Å². The van der Waals surface area contributed by atoms with Crippen LogP contribution < -0.4 is 10.1 Å². The van der Waals surface area contributed by atoms with Crippen LogP contribution >= 0.6 is 11.3 Å². The number of nitrogens with one attached hydrogen (secondary N) is 1. The highest BCUT2D eigenvalue weighted by molar-refractivity contribution is 7.13. The van der Waals surface area contributed by atoms with E-state index in [0.717, 1.165) is 5.69 Å². The Morgan fingerprint density at radius 1 is 1.23 bits per heavy atom. The van der Waals surface area contributed by atoms with E-state index in [0.29, 0.717) is 48.2 Å². The second-order valence-corrected chi connectivity index (χ2v) is 7.77. The molecule has 30 heavy (non-hydrogen) atoms. The third-order valence-electron chi connectivity index (χ3n) is 5.14. The van der Waals surface area contributed by atoms with Crippen molar-refractivity contribution in [2.45, 2.75) is 19.8 Å². The first-order valence-corrected chi connectivity index (χ1v) is 10.4. The number of piperidine rings is 1. The number of anilines is 1. The maximum atomic E-state index is 13.0.